The Morgan fingerprint density at radius 2 is 1.77 bits per heavy atom. The highest BCUT2D eigenvalue weighted by Gasteiger charge is 2.54. The van der Waals surface area contributed by atoms with Crippen LogP contribution in [0.2, 0.25) is 0 Å². The van der Waals surface area contributed by atoms with E-state index in [2.05, 4.69) is 21.2 Å². The number of hydrogen-bond donors (Lipinski definition) is 1. The summed E-state index contributed by atoms with van der Waals surface area (Å²) in [5.41, 5.74) is 0.673. The number of benzene rings is 1. The van der Waals surface area contributed by atoms with Crippen LogP contribution in [0.25, 0.3) is 0 Å². The van der Waals surface area contributed by atoms with E-state index in [-0.39, 0.29) is 17.1 Å². The number of nitrogens with one attached hydrogen (secondary N) is 1. The number of carbonyl (C=O) groups is 1. The minimum absolute atomic E-state index is 0.130. The van der Waals surface area contributed by atoms with Crippen LogP contribution < -0.4 is 5.32 Å². The van der Waals surface area contributed by atoms with Crippen molar-refractivity contribution in [1.82, 2.24) is 5.32 Å². The van der Waals surface area contributed by atoms with Gasteiger partial charge < -0.3 is 5.32 Å². The largest absolute Gasteiger partial charge is 0.352 e. The van der Waals surface area contributed by atoms with E-state index >= 15 is 0 Å². The number of rotatable bonds is 3. The van der Waals surface area contributed by atoms with E-state index in [0.717, 1.165) is 47.1 Å². The van der Waals surface area contributed by atoms with E-state index in [9.17, 15) is 9.18 Å². The molecule has 1 aromatic carbocycles. The Kier molecular flexibility index (Phi) is 3.55. The third-order valence-electron chi connectivity index (χ3n) is 5.97. The lowest BCUT2D eigenvalue weighted by Crippen LogP contribution is -2.53. The third kappa shape index (κ3) is 2.49. The normalized spacial score (nSPS) is 35.6. The fraction of sp³-hybridized carbons (Fsp3) is 0.611. The molecular formula is C18H21BrFNO. The van der Waals surface area contributed by atoms with Gasteiger partial charge in [-0.05, 0) is 80.0 Å². The molecule has 22 heavy (non-hydrogen) atoms. The van der Waals surface area contributed by atoms with Crippen molar-refractivity contribution in [1.29, 1.82) is 0 Å². The van der Waals surface area contributed by atoms with Gasteiger partial charge in [-0.2, -0.15) is 0 Å². The average Bonchev–Trinajstić information content (AvgIpc) is 2.46. The zero-order chi connectivity index (χ0) is 15.3. The Balaban J connectivity index is 1.47. The number of hydrogen-bond acceptors (Lipinski definition) is 1. The molecule has 4 aliphatic carbocycles. The van der Waals surface area contributed by atoms with Crippen molar-refractivity contribution in [3.8, 4) is 0 Å². The first kappa shape index (κ1) is 14.7. The minimum Gasteiger partial charge on any atom is -0.352 e. The van der Waals surface area contributed by atoms with E-state index in [4.69, 9.17) is 0 Å². The van der Waals surface area contributed by atoms with Crippen LogP contribution in [-0.4, -0.2) is 5.91 Å². The van der Waals surface area contributed by atoms with Crippen molar-refractivity contribution in [3.63, 3.8) is 0 Å². The molecule has 1 amide bonds. The van der Waals surface area contributed by atoms with Gasteiger partial charge in [0.1, 0.15) is 5.82 Å². The van der Waals surface area contributed by atoms with Crippen LogP contribution in [0.5, 0.6) is 0 Å². The predicted molar refractivity (Wildman–Crippen MR) is 86.6 cm³/mol. The number of carbonyl (C=O) groups excluding carboxylic acids is 1. The van der Waals surface area contributed by atoms with Crippen LogP contribution in [0, 0.1) is 29.0 Å². The molecule has 0 atom stereocenters. The van der Waals surface area contributed by atoms with E-state index in [1.54, 1.807) is 6.07 Å². The van der Waals surface area contributed by atoms with Gasteiger partial charge in [0, 0.05) is 16.4 Å². The van der Waals surface area contributed by atoms with Gasteiger partial charge in [0.05, 0.1) is 0 Å². The number of halogens is 2. The van der Waals surface area contributed by atoms with Crippen molar-refractivity contribution in [2.45, 2.75) is 45.1 Å². The van der Waals surface area contributed by atoms with E-state index in [0.29, 0.717) is 6.54 Å². The van der Waals surface area contributed by atoms with Crippen LogP contribution in [0.3, 0.4) is 0 Å². The van der Waals surface area contributed by atoms with Crippen molar-refractivity contribution >= 4 is 21.8 Å². The molecule has 4 saturated carbocycles. The molecule has 0 saturated heterocycles. The molecule has 0 unspecified atom stereocenters. The van der Waals surface area contributed by atoms with Crippen LogP contribution in [0.1, 0.15) is 44.1 Å². The second kappa shape index (κ2) is 5.33. The fourth-order valence-electron chi connectivity index (χ4n) is 5.43. The summed E-state index contributed by atoms with van der Waals surface area (Å²) in [4.78, 5) is 12.8. The zero-order valence-electron chi connectivity index (χ0n) is 12.6. The number of amides is 1. The average molecular weight is 366 g/mol. The molecule has 0 spiro atoms. The van der Waals surface area contributed by atoms with E-state index in [1.165, 1.54) is 31.4 Å². The van der Waals surface area contributed by atoms with Crippen LogP contribution in [0.4, 0.5) is 4.39 Å². The van der Waals surface area contributed by atoms with Crippen molar-refractivity contribution in [3.05, 3.63) is 34.1 Å². The van der Waals surface area contributed by atoms with Gasteiger partial charge in [-0.25, -0.2) is 4.39 Å². The van der Waals surface area contributed by atoms with Gasteiger partial charge in [0.25, 0.3) is 0 Å². The van der Waals surface area contributed by atoms with Gasteiger partial charge in [0.15, 0.2) is 0 Å². The fourth-order valence-corrected chi connectivity index (χ4v) is 5.82. The Morgan fingerprint density at radius 1 is 1.18 bits per heavy atom. The second-order valence-corrected chi connectivity index (χ2v) is 8.47. The van der Waals surface area contributed by atoms with E-state index < -0.39 is 0 Å². The quantitative estimate of drug-likeness (QED) is 0.843. The maximum atomic E-state index is 13.4. The highest BCUT2D eigenvalue weighted by atomic mass is 79.9. The summed E-state index contributed by atoms with van der Waals surface area (Å²) in [5.74, 6) is 2.22. The summed E-state index contributed by atoms with van der Waals surface area (Å²) in [6.07, 6.45) is 7.20. The first-order chi connectivity index (χ1) is 10.5. The summed E-state index contributed by atoms with van der Waals surface area (Å²) < 4.78 is 14.2. The Hall–Kier alpha value is -0.900. The molecular weight excluding hydrogens is 345 g/mol. The molecule has 1 aromatic rings. The molecule has 0 aliphatic heterocycles. The second-order valence-electron chi connectivity index (χ2n) is 7.62. The molecule has 118 valence electrons. The molecule has 0 radical (unpaired) electrons. The standard InChI is InChI=1S/C18H21BrFNO/c19-16-2-1-15(20)6-14(16)10-21-17(22)18-7-11-3-12(8-18)5-13(4-11)9-18/h1-2,6,11-13H,3-5,7-10H2,(H,21,22). The lowest BCUT2D eigenvalue weighted by Gasteiger charge is -2.55. The Morgan fingerprint density at radius 3 is 2.36 bits per heavy atom. The molecule has 4 fully saturated rings. The molecule has 0 heterocycles. The van der Waals surface area contributed by atoms with Crippen molar-refractivity contribution < 1.29 is 9.18 Å². The summed E-state index contributed by atoms with van der Waals surface area (Å²) in [6, 6.07) is 4.61. The highest BCUT2D eigenvalue weighted by Crippen LogP contribution is 2.60. The van der Waals surface area contributed by atoms with Crippen LogP contribution >= 0.6 is 15.9 Å². The Bertz CT molecular complexity index is 580. The first-order valence-electron chi connectivity index (χ1n) is 8.26. The van der Waals surface area contributed by atoms with E-state index in [1.807, 2.05) is 0 Å². The molecule has 2 nitrogen and oxygen atoms in total. The molecule has 4 bridgehead atoms. The SMILES string of the molecule is O=C(NCc1cc(F)ccc1Br)C12CC3CC(CC(C3)C1)C2. The summed E-state index contributed by atoms with van der Waals surface area (Å²) in [7, 11) is 0. The third-order valence-corrected chi connectivity index (χ3v) is 6.74. The highest BCUT2D eigenvalue weighted by molar-refractivity contribution is 9.10. The van der Waals surface area contributed by atoms with Gasteiger partial charge in [-0.15, -0.1) is 0 Å². The summed E-state index contributed by atoms with van der Waals surface area (Å²) in [5, 5.41) is 3.09. The molecule has 4 heteroatoms. The Labute approximate surface area is 139 Å². The lowest BCUT2D eigenvalue weighted by atomic mass is 9.49. The van der Waals surface area contributed by atoms with Crippen LogP contribution in [-0.2, 0) is 11.3 Å². The molecule has 0 aromatic heterocycles. The van der Waals surface area contributed by atoms with Gasteiger partial charge >= 0.3 is 0 Å². The van der Waals surface area contributed by atoms with Crippen molar-refractivity contribution in [2.75, 3.05) is 0 Å². The topological polar surface area (TPSA) is 29.1 Å². The van der Waals surface area contributed by atoms with Crippen molar-refractivity contribution in [2.24, 2.45) is 23.2 Å². The van der Waals surface area contributed by atoms with Gasteiger partial charge in [-0.1, -0.05) is 15.9 Å². The minimum atomic E-state index is -0.262. The molecule has 4 aliphatic rings. The molecule has 5 rings (SSSR count). The smallest absolute Gasteiger partial charge is 0.226 e. The maximum Gasteiger partial charge on any atom is 0.226 e. The monoisotopic (exact) mass is 365 g/mol. The first-order valence-corrected chi connectivity index (χ1v) is 9.06. The zero-order valence-corrected chi connectivity index (χ0v) is 14.2. The van der Waals surface area contributed by atoms with Gasteiger partial charge in [0.2, 0.25) is 5.91 Å². The summed E-state index contributed by atoms with van der Waals surface area (Å²) in [6.45, 7) is 0.402. The van der Waals surface area contributed by atoms with Crippen LogP contribution in [0.15, 0.2) is 22.7 Å². The summed E-state index contributed by atoms with van der Waals surface area (Å²) >= 11 is 3.43. The lowest BCUT2D eigenvalue weighted by molar-refractivity contribution is -0.146. The van der Waals surface area contributed by atoms with Gasteiger partial charge in [-0.3, -0.25) is 4.79 Å². The predicted octanol–water partition coefficient (Wildman–Crippen LogP) is 4.42. The molecule has 1 N–H and O–H groups in total. The maximum absolute atomic E-state index is 13.4.